The number of hydrogen-bond acceptors (Lipinski definition) is 6. The molecule has 2 fully saturated rings. The Morgan fingerprint density at radius 3 is 2.56 bits per heavy atom. The van der Waals surface area contributed by atoms with E-state index >= 15 is 0 Å². The molecule has 0 unspecified atom stereocenters. The minimum atomic E-state index is 0.178. The Kier molecular flexibility index (Phi) is 4.51. The van der Waals surface area contributed by atoms with Crippen molar-refractivity contribution in [3.05, 3.63) is 47.1 Å². The summed E-state index contributed by atoms with van der Waals surface area (Å²) < 4.78 is 5.48. The Hall–Kier alpha value is -2.23. The second-order valence-corrected chi connectivity index (χ2v) is 7.06. The van der Waals surface area contributed by atoms with E-state index in [0.717, 1.165) is 44.4 Å². The number of rotatable bonds is 5. The maximum atomic E-state index is 8.88. The van der Waals surface area contributed by atoms with Crippen LogP contribution in [0.2, 0.25) is 0 Å². The van der Waals surface area contributed by atoms with Crippen LogP contribution in [0.1, 0.15) is 54.6 Å². The molecule has 1 aliphatic carbocycles. The van der Waals surface area contributed by atoms with Crippen molar-refractivity contribution >= 4 is 0 Å². The summed E-state index contributed by atoms with van der Waals surface area (Å²) in [6.07, 6.45) is 2.39. The summed E-state index contributed by atoms with van der Waals surface area (Å²) in [4.78, 5) is 9.46. The number of nitrogens with zero attached hydrogens (tertiary/aromatic N) is 5. The molecule has 1 aliphatic heterocycles. The van der Waals surface area contributed by atoms with Gasteiger partial charge in [0.2, 0.25) is 5.89 Å². The first kappa shape index (κ1) is 16.2. The molecule has 0 spiro atoms. The van der Waals surface area contributed by atoms with Crippen molar-refractivity contribution in [2.75, 3.05) is 26.2 Å². The zero-order chi connectivity index (χ0) is 17.2. The second kappa shape index (κ2) is 6.95. The normalized spacial score (nSPS) is 20.3. The van der Waals surface area contributed by atoms with Crippen molar-refractivity contribution in [2.45, 2.75) is 38.3 Å². The molecular weight excluding hydrogens is 314 g/mol. The monoisotopic (exact) mass is 337 g/mol. The summed E-state index contributed by atoms with van der Waals surface area (Å²) in [5.41, 5.74) is 1.97. The highest BCUT2D eigenvalue weighted by molar-refractivity contribution is 5.31. The number of nitriles is 1. The first-order valence-corrected chi connectivity index (χ1v) is 9.02. The number of benzene rings is 1. The highest BCUT2D eigenvalue weighted by Gasteiger charge is 2.31. The number of hydrogen-bond donors (Lipinski definition) is 0. The molecule has 2 aliphatic rings. The zero-order valence-electron chi connectivity index (χ0n) is 14.6. The van der Waals surface area contributed by atoms with E-state index in [1.165, 1.54) is 18.4 Å². The van der Waals surface area contributed by atoms with Crippen LogP contribution in [-0.4, -0.2) is 46.1 Å². The Labute approximate surface area is 148 Å². The van der Waals surface area contributed by atoms with Crippen molar-refractivity contribution < 1.29 is 4.52 Å². The molecule has 2 aromatic rings. The van der Waals surface area contributed by atoms with Crippen LogP contribution in [0.4, 0.5) is 0 Å². The molecule has 2 heterocycles. The van der Waals surface area contributed by atoms with Gasteiger partial charge in [-0.3, -0.25) is 9.80 Å². The van der Waals surface area contributed by atoms with E-state index in [9.17, 15) is 0 Å². The molecule has 4 rings (SSSR count). The van der Waals surface area contributed by atoms with Gasteiger partial charge in [0.15, 0.2) is 5.82 Å². The lowest BCUT2D eigenvalue weighted by Crippen LogP contribution is -2.46. The van der Waals surface area contributed by atoms with Gasteiger partial charge in [-0.15, -0.1) is 0 Å². The fourth-order valence-electron chi connectivity index (χ4n) is 3.33. The van der Waals surface area contributed by atoms with E-state index in [1.54, 1.807) is 0 Å². The molecule has 1 aromatic heterocycles. The van der Waals surface area contributed by atoms with Crippen LogP contribution in [-0.2, 0) is 6.54 Å². The van der Waals surface area contributed by atoms with Gasteiger partial charge in [0.25, 0.3) is 0 Å². The van der Waals surface area contributed by atoms with E-state index in [2.05, 4.69) is 32.9 Å². The molecule has 0 amide bonds. The maximum absolute atomic E-state index is 8.88. The van der Waals surface area contributed by atoms with Crippen LogP contribution in [0.25, 0.3) is 0 Å². The highest BCUT2D eigenvalue weighted by Crippen LogP contribution is 2.38. The quantitative estimate of drug-likeness (QED) is 0.835. The van der Waals surface area contributed by atoms with Gasteiger partial charge in [0.05, 0.1) is 17.7 Å². The largest absolute Gasteiger partial charge is 0.338 e. The van der Waals surface area contributed by atoms with Crippen LogP contribution < -0.4 is 0 Å². The molecule has 1 saturated heterocycles. The van der Waals surface area contributed by atoms with Gasteiger partial charge in [0, 0.05) is 38.6 Å². The number of aromatic nitrogens is 2. The molecule has 6 nitrogen and oxygen atoms in total. The summed E-state index contributed by atoms with van der Waals surface area (Å²) >= 11 is 0. The van der Waals surface area contributed by atoms with Gasteiger partial charge < -0.3 is 4.52 Å². The summed E-state index contributed by atoms with van der Waals surface area (Å²) in [6, 6.07) is 10.2. The lowest BCUT2D eigenvalue weighted by Gasteiger charge is -2.36. The van der Waals surface area contributed by atoms with Gasteiger partial charge in [-0.25, -0.2) is 0 Å². The zero-order valence-corrected chi connectivity index (χ0v) is 14.6. The van der Waals surface area contributed by atoms with Crippen LogP contribution in [0.15, 0.2) is 28.8 Å². The molecule has 0 bridgehead atoms. The second-order valence-electron chi connectivity index (χ2n) is 7.06. The van der Waals surface area contributed by atoms with E-state index in [0.29, 0.717) is 11.5 Å². The van der Waals surface area contributed by atoms with Crippen LogP contribution in [0.5, 0.6) is 0 Å². The van der Waals surface area contributed by atoms with Crippen molar-refractivity contribution in [2.24, 2.45) is 0 Å². The molecule has 0 N–H and O–H groups in total. The predicted octanol–water partition coefficient (Wildman–Crippen LogP) is 2.70. The average Bonchev–Trinajstić information content (AvgIpc) is 3.39. The first-order chi connectivity index (χ1) is 12.2. The van der Waals surface area contributed by atoms with E-state index in [-0.39, 0.29) is 6.04 Å². The van der Waals surface area contributed by atoms with Crippen molar-refractivity contribution in [3.63, 3.8) is 0 Å². The van der Waals surface area contributed by atoms with E-state index in [1.807, 2.05) is 24.3 Å². The summed E-state index contributed by atoms with van der Waals surface area (Å²) in [5, 5.41) is 13.0. The van der Waals surface area contributed by atoms with Gasteiger partial charge in [-0.1, -0.05) is 17.3 Å². The minimum absolute atomic E-state index is 0.178. The predicted molar refractivity (Wildman–Crippen MR) is 92.7 cm³/mol. The third-order valence-corrected chi connectivity index (χ3v) is 5.20. The van der Waals surface area contributed by atoms with E-state index in [4.69, 9.17) is 9.78 Å². The highest BCUT2D eigenvalue weighted by atomic mass is 16.5. The first-order valence-electron chi connectivity index (χ1n) is 9.02. The summed E-state index contributed by atoms with van der Waals surface area (Å²) in [7, 11) is 0. The minimum Gasteiger partial charge on any atom is -0.338 e. The third-order valence-electron chi connectivity index (χ3n) is 5.20. The van der Waals surface area contributed by atoms with Crippen molar-refractivity contribution in [3.8, 4) is 6.07 Å². The lowest BCUT2D eigenvalue weighted by molar-refractivity contribution is 0.0845. The average molecular weight is 337 g/mol. The fraction of sp³-hybridized carbons (Fsp3) is 0.526. The molecule has 130 valence electrons. The Balaban J connectivity index is 1.30. The van der Waals surface area contributed by atoms with Gasteiger partial charge >= 0.3 is 0 Å². The smallest absolute Gasteiger partial charge is 0.243 e. The summed E-state index contributed by atoms with van der Waals surface area (Å²) in [5.74, 6) is 2.18. The lowest BCUT2D eigenvalue weighted by atomic mass is 10.1. The van der Waals surface area contributed by atoms with Gasteiger partial charge in [-0.05, 0) is 37.5 Å². The van der Waals surface area contributed by atoms with E-state index < -0.39 is 0 Å². The maximum Gasteiger partial charge on any atom is 0.243 e. The van der Waals surface area contributed by atoms with Crippen LogP contribution >= 0.6 is 0 Å². The van der Waals surface area contributed by atoms with Crippen LogP contribution in [0, 0.1) is 11.3 Å². The molecule has 1 aromatic carbocycles. The molecule has 1 atom stereocenters. The molecule has 1 saturated carbocycles. The van der Waals surface area contributed by atoms with Gasteiger partial charge in [-0.2, -0.15) is 10.2 Å². The Morgan fingerprint density at radius 1 is 1.20 bits per heavy atom. The molecule has 6 heteroatoms. The molecular formula is C19H23N5O. The van der Waals surface area contributed by atoms with Gasteiger partial charge in [0.1, 0.15) is 0 Å². The third kappa shape index (κ3) is 3.73. The van der Waals surface area contributed by atoms with Crippen molar-refractivity contribution in [1.29, 1.82) is 5.26 Å². The fourth-order valence-corrected chi connectivity index (χ4v) is 3.33. The standard InChI is InChI=1S/C19H23N5O/c1-14(19-21-18(22-25-19)17-6-7-17)24-10-8-23(9-11-24)13-16-4-2-15(12-20)3-5-16/h2-5,14,17H,6-11,13H2,1H3/t14-/m0/s1. The molecule has 25 heavy (non-hydrogen) atoms. The Morgan fingerprint density at radius 2 is 1.92 bits per heavy atom. The van der Waals surface area contributed by atoms with Crippen LogP contribution in [0.3, 0.4) is 0 Å². The molecule has 0 radical (unpaired) electrons. The SMILES string of the molecule is C[C@@H](c1nc(C2CC2)no1)N1CCN(Cc2ccc(C#N)cc2)CC1. The summed E-state index contributed by atoms with van der Waals surface area (Å²) in [6.45, 7) is 7.12. The van der Waals surface area contributed by atoms with Crippen molar-refractivity contribution in [1.82, 2.24) is 19.9 Å². The topological polar surface area (TPSA) is 69.2 Å². The Bertz CT molecular complexity index is 751. The number of piperazine rings is 1.